The summed E-state index contributed by atoms with van der Waals surface area (Å²) in [5.74, 6) is 2.26. The predicted molar refractivity (Wildman–Crippen MR) is 174 cm³/mol. The number of ether oxygens (including phenoxy) is 1. The zero-order valence-electron chi connectivity index (χ0n) is 27.8. The molecule has 0 aromatic heterocycles. The Balaban J connectivity index is 0.00000237. The highest BCUT2D eigenvalue weighted by Gasteiger charge is 2.47. The first-order valence-corrected chi connectivity index (χ1v) is 16.3. The first-order chi connectivity index (χ1) is 20.1. The summed E-state index contributed by atoms with van der Waals surface area (Å²) in [6, 6.07) is 11.3. The Morgan fingerprint density at radius 1 is 0.905 bits per heavy atom. The number of rotatable bonds is 12. The van der Waals surface area contributed by atoms with Crippen molar-refractivity contribution in [1.82, 2.24) is 10.2 Å². The van der Waals surface area contributed by atoms with Crippen molar-refractivity contribution in [3.05, 3.63) is 69.3 Å². The molecule has 2 aromatic rings. The summed E-state index contributed by atoms with van der Waals surface area (Å²) in [6.07, 6.45) is 6.15. The molecule has 1 aliphatic carbocycles. The third-order valence-corrected chi connectivity index (χ3v) is 10.2. The molecule has 5 heteroatoms. The predicted octanol–water partition coefficient (Wildman–Crippen LogP) is 7.73. The minimum Gasteiger partial charge on any atom is -0.469 e. The number of hydrogen-bond donors (Lipinski definition) is 1. The molecule has 0 spiro atoms. The zero-order valence-corrected chi connectivity index (χ0v) is 27.8. The Labute approximate surface area is 255 Å². The highest BCUT2D eigenvalue weighted by molar-refractivity contribution is 5.76. The zero-order chi connectivity index (χ0) is 31.0. The van der Waals surface area contributed by atoms with Gasteiger partial charge in [-0.2, -0.15) is 0 Å². The Morgan fingerprint density at radius 3 is 2.07 bits per heavy atom. The second-order valence-electron chi connectivity index (χ2n) is 12.5. The van der Waals surface area contributed by atoms with Gasteiger partial charge in [0.2, 0.25) is 5.91 Å². The van der Waals surface area contributed by atoms with Gasteiger partial charge in [-0.3, -0.25) is 9.59 Å². The van der Waals surface area contributed by atoms with Crippen molar-refractivity contribution in [3.63, 3.8) is 0 Å². The highest BCUT2D eigenvalue weighted by atomic mass is 16.5. The first-order valence-electron chi connectivity index (χ1n) is 16.3. The molecule has 2 aliphatic rings. The summed E-state index contributed by atoms with van der Waals surface area (Å²) < 4.78 is 4.92. The van der Waals surface area contributed by atoms with E-state index in [0.29, 0.717) is 43.2 Å². The molecule has 232 valence electrons. The minimum absolute atomic E-state index is 0.149. The van der Waals surface area contributed by atoms with Crippen LogP contribution in [0.1, 0.15) is 104 Å². The molecule has 1 aliphatic heterocycles. The van der Waals surface area contributed by atoms with Gasteiger partial charge in [-0.15, -0.1) is 0 Å². The quantitative estimate of drug-likeness (QED) is 0.263. The maximum Gasteiger partial charge on any atom is 0.305 e. The third-order valence-electron chi connectivity index (χ3n) is 10.2. The van der Waals surface area contributed by atoms with E-state index in [2.05, 4.69) is 70.3 Å². The minimum atomic E-state index is -0.149. The molecular formula is C37H56N2O3. The molecule has 2 fully saturated rings. The molecule has 42 heavy (non-hydrogen) atoms. The number of methoxy groups -OCH3 is 1. The number of benzene rings is 2. The third kappa shape index (κ3) is 8.03. The normalized spacial score (nSPS) is 20.5. The standard InChI is InChI=1S/C35H50N2O3.C2H6/c1-22-23(2)25(4)31(26(5)24(22)3)21-37(6)32(38)19-18-29(14-11-15-33(39)40-7)35-34(28-16-17-28)30(20-36-35)27-12-9-8-10-13-27;1-2/h8-10,12-13,28-30,34-36H,11,14-21H2,1-7H3;1-2H3/t29?,30-,34+,35+;/m0./s1. The van der Waals surface area contributed by atoms with Crippen molar-refractivity contribution in [2.75, 3.05) is 20.7 Å². The Hall–Kier alpha value is -2.66. The van der Waals surface area contributed by atoms with Crippen LogP contribution in [0.3, 0.4) is 0 Å². The summed E-state index contributed by atoms with van der Waals surface area (Å²) in [5.41, 5.74) is 9.32. The SMILES string of the molecule is CC.COC(=O)CCCC(CCC(=O)N(C)Cc1c(C)c(C)c(C)c(C)c1C)[C@H]1NC[C@@H](c2ccccc2)[C@H]1C1CC1. The number of hydrogen-bond acceptors (Lipinski definition) is 4. The van der Waals surface area contributed by atoms with Crippen LogP contribution in [0.5, 0.6) is 0 Å². The molecule has 4 rings (SSSR count). The summed E-state index contributed by atoms with van der Waals surface area (Å²) in [6.45, 7) is 16.6. The molecule has 1 heterocycles. The second-order valence-corrected chi connectivity index (χ2v) is 12.5. The van der Waals surface area contributed by atoms with E-state index in [9.17, 15) is 9.59 Å². The van der Waals surface area contributed by atoms with Crippen LogP contribution in [0.15, 0.2) is 30.3 Å². The lowest BCUT2D eigenvalue weighted by atomic mass is 9.75. The fourth-order valence-corrected chi connectivity index (χ4v) is 7.16. The number of amides is 1. The molecule has 0 bridgehead atoms. The van der Waals surface area contributed by atoms with Crippen LogP contribution >= 0.6 is 0 Å². The van der Waals surface area contributed by atoms with E-state index < -0.39 is 0 Å². The molecule has 5 nitrogen and oxygen atoms in total. The molecule has 1 unspecified atom stereocenters. The average Bonchev–Trinajstić information content (AvgIpc) is 3.77. The Kier molecular flexibility index (Phi) is 12.7. The lowest BCUT2D eigenvalue weighted by Crippen LogP contribution is -2.37. The summed E-state index contributed by atoms with van der Waals surface area (Å²) in [4.78, 5) is 27.3. The van der Waals surface area contributed by atoms with Gasteiger partial charge in [0.25, 0.3) is 0 Å². The van der Waals surface area contributed by atoms with Gasteiger partial charge < -0.3 is 15.0 Å². The smallest absolute Gasteiger partial charge is 0.305 e. The van der Waals surface area contributed by atoms with Crippen molar-refractivity contribution in [2.24, 2.45) is 17.8 Å². The summed E-state index contributed by atoms with van der Waals surface area (Å²) >= 11 is 0. The maximum atomic E-state index is 13.5. The highest BCUT2D eigenvalue weighted by Crippen LogP contribution is 2.50. The molecule has 1 N–H and O–H groups in total. The monoisotopic (exact) mass is 576 g/mol. The molecule has 1 saturated heterocycles. The molecular weight excluding hydrogens is 520 g/mol. The number of carbonyl (C=O) groups excluding carboxylic acids is 2. The fourth-order valence-electron chi connectivity index (χ4n) is 7.16. The number of nitrogens with one attached hydrogen (secondary N) is 1. The molecule has 1 saturated carbocycles. The first kappa shape index (κ1) is 33.8. The van der Waals surface area contributed by atoms with E-state index in [1.54, 1.807) is 0 Å². The van der Waals surface area contributed by atoms with Crippen molar-refractivity contribution in [2.45, 2.75) is 112 Å². The van der Waals surface area contributed by atoms with Gasteiger partial charge in [-0.1, -0.05) is 44.2 Å². The van der Waals surface area contributed by atoms with E-state index in [1.807, 2.05) is 25.8 Å². The van der Waals surface area contributed by atoms with Crippen LogP contribution in [0.4, 0.5) is 0 Å². The largest absolute Gasteiger partial charge is 0.469 e. The van der Waals surface area contributed by atoms with Gasteiger partial charge in [0.05, 0.1) is 7.11 Å². The summed E-state index contributed by atoms with van der Waals surface area (Å²) in [7, 11) is 3.41. The van der Waals surface area contributed by atoms with Crippen LogP contribution in [0.25, 0.3) is 0 Å². The van der Waals surface area contributed by atoms with Gasteiger partial charge in [0, 0.05) is 44.9 Å². The molecule has 0 radical (unpaired) electrons. The van der Waals surface area contributed by atoms with Gasteiger partial charge >= 0.3 is 5.97 Å². The van der Waals surface area contributed by atoms with Crippen LogP contribution in [-0.4, -0.2) is 43.5 Å². The number of nitrogens with zero attached hydrogens (tertiary/aromatic N) is 1. The lowest BCUT2D eigenvalue weighted by Gasteiger charge is -2.32. The fraction of sp³-hybridized carbons (Fsp3) is 0.622. The van der Waals surface area contributed by atoms with E-state index >= 15 is 0 Å². The topological polar surface area (TPSA) is 58.6 Å². The average molecular weight is 577 g/mol. The van der Waals surface area contributed by atoms with Crippen LogP contribution < -0.4 is 5.32 Å². The maximum absolute atomic E-state index is 13.5. The second kappa shape index (κ2) is 15.7. The molecule has 2 aromatic carbocycles. The van der Waals surface area contributed by atoms with Gasteiger partial charge in [0.1, 0.15) is 0 Å². The van der Waals surface area contributed by atoms with Crippen molar-refractivity contribution >= 4 is 11.9 Å². The number of esters is 1. The van der Waals surface area contributed by atoms with E-state index in [4.69, 9.17) is 4.74 Å². The van der Waals surface area contributed by atoms with Crippen molar-refractivity contribution in [1.29, 1.82) is 0 Å². The van der Waals surface area contributed by atoms with Crippen molar-refractivity contribution < 1.29 is 14.3 Å². The Bertz CT molecular complexity index is 1160. The van der Waals surface area contributed by atoms with E-state index in [1.165, 1.54) is 58.9 Å². The van der Waals surface area contributed by atoms with Gasteiger partial charge in [-0.25, -0.2) is 0 Å². The van der Waals surface area contributed by atoms with Crippen LogP contribution in [-0.2, 0) is 20.9 Å². The van der Waals surface area contributed by atoms with Crippen LogP contribution in [0.2, 0.25) is 0 Å². The van der Waals surface area contributed by atoms with E-state index in [0.717, 1.165) is 31.7 Å². The Morgan fingerprint density at radius 2 is 1.50 bits per heavy atom. The molecule has 4 atom stereocenters. The summed E-state index contributed by atoms with van der Waals surface area (Å²) in [5, 5.41) is 3.91. The van der Waals surface area contributed by atoms with E-state index in [-0.39, 0.29) is 11.9 Å². The number of carbonyl (C=O) groups is 2. The van der Waals surface area contributed by atoms with Crippen molar-refractivity contribution in [3.8, 4) is 0 Å². The van der Waals surface area contributed by atoms with Gasteiger partial charge in [0.15, 0.2) is 0 Å². The molecule has 1 amide bonds. The lowest BCUT2D eigenvalue weighted by molar-refractivity contribution is -0.140. The van der Waals surface area contributed by atoms with Gasteiger partial charge in [-0.05, 0) is 123 Å². The van der Waals surface area contributed by atoms with Crippen LogP contribution in [0, 0.1) is 52.4 Å².